The Morgan fingerprint density at radius 3 is 1.82 bits per heavy atom. The molecule has 10 nitrogen and oxygen atoms in total. The van der Waals surface area contributed by atoms with E-state index in [9.17, 15) is 28.7 Å². The monoisotopic (exact) mass is 725 g/mol. The fourth-order valence-electron chi connectivity index (χ4n) is 6.71. The maximum Gasteiger partial charge on any atom is 0.335 e. The normalized spacial score (nSPS) is 18.8. The number of hydrogen-bond acceptors (Lipinski definition) is 8. The van der Waals surface area contributed by atoms with Gasteiger partial charge in [0.1, 0.15) is 25.7 Å². The zero-order chi connectivity index (χ0) is 37.3. The Hall–Kier alpha value is -2.37. The predicted molar refractivity (Wildman–Crippen MR) is 198 cm³/mol. The lowest BCUT2D eigenvalue weighted by Gasteiger charge is -2.26. The van der Waals surface area contributed by atoms with Crippen molar-refractivity contribution in [2.45, 2.75) is 206 Å². The largest absolute Gasteiger partial charge is 0.463 e. The summed E-state index contributed by atoms with van der Waals surface area (Å²) in [6, 6.07) is 0. The number of aliphatic hydroxyl groups is 1. The third-order valence-corrected chi connectivity index (χ3v) is 10.0. The summed E-state index contributed by atoms with van der Waals surface area (Å²) in [6.45, 7) is 5.87. The molecule has 1 aliphatic heterocycles. The third kappa shape index (κ3) is 16.5. The van der Waals surface area contributed by atoms with Gasteiger partial charge in [-0.1, -0.05) is 143 Å². The first kappa shape index (κ1) is 44.8. The SMILES string of the molecule is CCCCCCCCCCCCCCCCOCn1c(=O)c(F)cn([C@H]2C[C@@](O)(C(=O)CCCCCC)[C@@H](COC(=O)CCCCCC)O2)c1=O. The summed E-state index contributed by atoms with van der Waals surface area (Å²) in [5, 5.41) is 11.6. The number of halogens is 1. The molecule has 0 spiro atoms. The van der Waals surface area contributed by atoms with E-state index in [1.807, 2.05) is 0 Å². The van der Waals surface area contributed by atoms with E-state index in [4.69, 9.17) is 14.2 Å². The average Bonchev–Trinajstić information content (AvgIpc) is 3.47. The highest BCUT2D eigenvalue weighted by Crippen LogP contribution is 2.38. The summed E-state index contributed by atoms with van der Waals surface area (Å²) in [4.78, 5) is 51.8. The van der Waals surface area contributed by atoms with E-state index in [1.165, 1.54) is 70.6 Å². The summed E-state index contributed by atoms with van der Waals surface area (Å²) in [7, 11) is 0. The van der Waals surface area contributed by atoms with Crippen LogP contribution in [0.2, 0.25) is 0 Å². The Kier molecular flexibility index (Phi) is 23.2. The molecule has 1 aromatic heterocycles. The molecular weight excluding hydrogens is 655 g/mol. The van der Waals surface area contributed by atoms with Crippen molar-refractivity contribution in [3.05, 3.63) is 32.9 Å². The summed E-state index contributed by atoms with van der Waals surface area (Å²) in [5.74, 6) is -2.14. The van der Waals surface area contributed by atoms with Crippen molar-refractivity contribution >= 4 is 11.8 Å². The highest BCUT2D eigenvalue weighted by Gasteiger charge is 2.53. The minimum absolute atomic E-state index is 0.0872. The number of rotatable bonds is 31. The molecule has 2 rings (SSSR count). The number of esters is 1. The van der Waals surface area contributed by atoms with E-state index in [-0.39, 0.29) is 25.9 Å². The minimum Gasteiger partial charge on any atom is -0.463 e. The van der Waals surface area contributed by atoms with Crippen molar-refractivity contribution in [1.29, 1.82) is 0 Å². The van der Waals surface area contributed by atoms with Crippen LogP contribution in [0.1, 0.15) is 188 Å². The molecule has 0 aliphatic carbocycles. The van der Waals surface area contributed by atoms with Crippen LogP contribution in [0.4, 0.5) is 4.39 Å². The van der Waals surface area contributed by atoms with Crippen LogP contribution < -0.4 is 11.2 Å². The van der Waals surface area contributed by atoms with Gasteiger partial charge >= 0.3 is 11.7 Å². The lowest BCUT2D eigenvalue weighted by atomic mass is 9.87. The van der Waals surface area contributed by atoms with Gasteiger partial charge in [-0.05, 0) is 19.3 Å². The molecule has 1 fully saturated rings. The van der Waals surface area contributed by atoms with E-state index < -0.39 is 53.5 Å². The second-order valence-electron chi connectivity index (χ2n) is 14.5. The topological polar surface area (TPSA) is 126 Å². The number of ether oxygens (including phenoxy) is 3. The maximum absolute atomic E-state index is 14.9. The Morgan fingerprint density at radius 1 is 0.784 bits per heavy atom. The van der Waals surface area contributed by atoms with Gasteiger partial charge in [-0.25, -0.2) is 9.36 Å². The molecule has 0 aromatic carbocycles. The molecule has 0 bridgehead atoms. The van der Waals surface area contributed by atoms with E-state index in [1.54, 1.807) is 0 Å². The van der Waals surface area contributed by atoms with Crippen LogP contribution in [0.5, 0.6) is 0 Å². The number of carbonyl (C=O) groups excluding carboxylic acids is 2. The molecule has 0 amide bonds. The van der Waals surface area contributed by atoms with Crippen LogP contribution in [-0.4, -0.2) is 50.9 Å². The standard InChI is InChI=1S/C40H69FN2O8/c1-4-7-10-13-14-15-16-17-18-19-20-21-22-25-28-49-32-43-38(46)33(41)30-42(39(43)47)36-29-40(48,34(44)26-23-11-8-5-2)35(51-36)31-50-37(45)27-24-12-9-6-3/h30,35-36,48H,4-29,31-32H2,1-3H3/t35-,36-,40-/m1/s1. The van der Waals surface area contributed by atoms with Gasteiger partial charge in [0.25, 0.3) is 5.56 Å². The number of hydrogen-bond donors (Lipinski definition) is 1. The molecule has 1 saturated heterocycles. The zero-order valence-corrected chi connectivity index (χ0v) is 32.1. The van der Waals surface area contributed by atoms with Gasteiger partial charge in [0.05, 0.1) is 6.20 Å². The Balaban J connectivity index is 1.91. The van der Waals surface area contributed by atoms with Gasteiger partial charge in [0.15, 0.2) is 11.4 Å². The van der Waals surface area contributed by atoms with E-state index >= 15 is 0 Å². The summed E-state index contributed by atoms with van der Waals surface area (Å²) in [5.41, 5.74) is -4.05. The van der Waals surface area contributed by atoms with Crippen molar-refractivity contribution in [3.8, 4) is 0 Å². The Bertz CT molecular complexity index is 1230. The van der Waals surface area contributed by atoms with Crippen molar-refractivity contribution in [2.24, 2.45) is 0 Å². The van der Waals surface area contributed by atoms with Crippen LogP contribution in [0.15, 0.2) is 15.8 Å². The molecule has 0 saturated carbocycles. The van der Waals surface area contributed by atoms with Crippen LogP contribution in [-0.2, 0) is 30.5 Å². The Morgan fingerprint density at radius 2 is 1.27 bits per heavy atom. The van der Waals surface area contributed by atoms with Gasteiger partial charge in [0.2, 0.25) is 5.82 Å². The van der Waals surface area contributed by atoms with Gasteiger partial charge in [0, 0.05) is 25.9 Å². The van der Waals surface area contributed by atoms with Crippen molar-refractivity contribution in [2.75, 3.05) is 13.2 Å². The molecule has 1 aliphatic rings. The molecule has 3 atom stereocenters. The molecule has 2 heterocycles. The van der Waals surface area contributed by atoms with Crippen LogP contribution in [0.25, 0.3) is 0 Å². The first-order valence-electron chi connectivity index (χ1n) is 20.3. The fraction of sp³-hybridized carbons (Fsp3) is 0.850. The van der Waals surface area contributed by atoms with Crippen molar-refractivity contribution in [1.82, 2.24) is 9.13 Å². The number of aromatic nitrogens is 2. The second-order valence-corrected chi connectivity index (χ2v) is 14.5. The number of nitrogens with zero attached hydrogens (tertiary/aromatic N) is 2. The number of ketones is 1. The highest BCUT2D eigenvalue weighted by atomic mass is 19.1. The molecule has 0 radical (unpaired) electrons. The number of Topliss-reactive ketones (excluding diaryl/α,β-unsaturated/α-hetero) is 1. The van der Waals surface area contributed by atoms with E-state index in [0.29, 0.717) is 24.0 Å². The van der Waals surface area contributed by atoms with Gasteiger partial charge in [-0.15, -0.1) is 0 Å². The summed E-state index contributed by atoms with van der Waals surface area (Å²) in [6.07, 6.45) is 22.2. The van der Waals surface area contributed by atoms with Crippen molar-refractivity contribution in [3.63, 3.8) is 0 Å². The molecule has 11 heteroatoms. The Labute approximate surface area is 305 Å². The molecule has 1 N–H and O–H groups in total. The quantitative estimate of drug-likeness (QED) is 0.0596. The van der Waals surface area contributed by atoms with Crippen LogP contribution >= 0.6 is 0 Å². The van der Waals surface area contributed by atoms with E-state index in [2.05, 4.69) is 20.8 Å². The highest BCUT2D eigenvalue weighted by molar-refractivity contribution is 5.88. The van der Waals surface area contributed by atoms with Crippen molar-refractivity contribution < 1.29 is 33.3 Å². The van der Waals surface area contributed by atoms with E-state index in [0.717, 1.165) is 68.6 Å². The van der Waals surface area contributed by atoms with Gasteiger partial charge in [-0.3, -0.25) is 19.0 Å². The minimum atomic E-state index is -2.05. The van der Waals surface area contributed by atoms with Gasteiger partial charge in [-0.2, -0.15) is 4.39 Å². The maximum atomic E-state index is 14.9. The molecule has 0 unspecified atom stereocenters. The fourth-order valence-corrected chi connectivity index (χ4v) is 6.71. The van der Waals surface area contributed by atoms with Crippen LogP contribution in [0, 0.1) is 5.82 Å². The smallest absolute Gasteiger partial charge is 0.335 e. The third-order valence-electron chi connectivity index (χ3n) is 10.0. The zero-order valence-electron chi connectivity index (χ0n) is 32.1. The first-order valence-corrected chi connectivity index (χ1v) is 20.3. The number of carbonyl (C=O) groups is 2. The first-order chi connectivity index (χ1) is 24.7. The summed E-state index contributed by atoms with van der Waals surface area (Å²) < 4.78 is 33.4. The molecule has 294 valence electrons. The van der Waals surface area contributed by atoms with Gasteiger partial charge < -0.3 is 19.3 Å². The predicted octanol–water partition coefficient (Wildman–Crippen LogP) is 8.68. The average molecular weight is 725 g/mol. The summed E-state index contributed by atoms with van der Waals surface area (Å²) >= 11 is 0. The second kappa shape index (κ2) is 26.4. The lowest BCUT2D eigenvalue weighted by molar-refractivity contribution is -0.160. The van der Waals surface area contributed by atoms with Crippen LogP contribution in [0.3, 0.4) is 0 Å². The molecule has 1 aromatic rings. The lowest BCUT2D eigenvalue weighted by Crippen LogP contribution is -2.48. The number of unbranched alkanes of at least 4 members (excludes halogenated alkanes) is 19. The molecular formula is C40H69FN2O8. The molecule has 51 heavy (non-hydrogen) atoms.